The minimum Gasteiger partial charge on any atom is -0.364 e. The van der Waals surface area contributed by atoms with Crippen LogP contribution in [-0.2, 0) is 4.79 Å². The molecule has 0 spiro atoms. The number of aromatic nitrogens is 2. The summed E-state index contributed by atoms with van der Waals surface area (Å²) >= 11 is 0. The van der Waals surface area contributed by atoms with Crippen LogP contribution in [0.1, 0.15) is 67.0 Å². The first-order chi connectivity index (χ1) is 11.1. The quantitative estimate of drug-likeness (QED) is 0.833. The van der Waals surface area contributed by atoms with Gasteiger partial charge >= 0.3 is 0 Å². The molecule has 1 atom stereocenters. The number of primary amides is 1. The van der Waals surface area contributed by atoms with Gasteiger partial charge in [-0.05, 0) is 44.6 Å². The Kier molecular flexibility index (Phi) is 4.79. The van der Waals surface area contributed by atoms with Gasteiger partial charge in [0.25, 0.3) is 5.91 Å². The van der Waals surface area contributed by atoms with Crippen molar-refractivity contribution in [1.82, 2.24) is 15.1 Å². The molecule has 1 unspecified atom stereocenters. The standard InChI is InChI=1S/C17H24N4O2/c18-17(23)15-10-14(19-20-15)13-7-4-8-21(11-13)16(22)9-12-5-2-1-3-6-12/h5,10,13H,1-4,6-9,11H2,(H2,18,23)(H,19,20). The lowest BCUT2D eigenvalue weighted by Gasteiger charge is -2.32. The number of nitrogens with zero attached hydrogens (tertiary/aromatic N) is 2. The molecule has 6 heteroatoms. The lowest BCUT2D eigenvalue weighted by atomic mass is 9.93. The van der Waals surface area contributed by atoms with Crippen LogP contribution >= 0.6 is 0 Å². The molecule has 1 fully saturated rings. The zero-order valence-electron chi connectivity index (χ0n) is 13.4. The Morgan fingerprint density at radius 3 is 2.91 bits per heavy atom. The third kappa shape index (κ3) is 3.81. The molecule has 6 nitrogen and oxygen atoms in total. The molecule has 1 aliphatic heterocycles. The third-order valence-corrected chi connectivity index (χ3v) is 4.83. The van der Waals surface area contributed by atoms with Gasteiger partial charge in [-0.15, -0.1) is 0 Å². The number of amides is 2. The first kappa shape index (κ1) is 15.8. The van der Waals surface area contributed by atoms with E-state index in [1.807, 2.05) is 4.90 Å². The van der Waals surface area contributed by atoms with Crippen molar-refractivity contribution >= 4 is 11.8 Å². The number of nitrogens with one attached hydrogen (secondary N) is 1. The van der Waals surface area contributed by atoms with Crippen molar-refractivity contribution in [2.45, 2.75) is 50.9 Å². The predicted octanol–water partition coefficient (Wildman–Crippen LogP) is 2.11. The van der Waals surface area contributed by atoms with E-state index >= 15 is 0 Å². The SMILES string of the molecule is NC(=O)c1cc(C2CCCN(C(=O)CC3=CCCCC3)C2)[nH]n1. The number of hydrogen-bond acceptors (Lipinski definition) is 3. The molecule has 2 heterocycles. The first-order valence-electron chi connectivity index (χ1n) is 8.44. The Balaban J connectivity index is 1.61. The van der Waals surface area contributed by atoms with Gasteiger partial charge in [0.05, 0.1) is 0 Å². The molecule has 1 aromatic heterocycles. The summed E-state index contributed by atoms with van der Waals surface area (Å²) in [6.07, 6.45) is 9.37. The van der Waals surface area contributed by atoms with E-state index in [0.717, 1.165) is 37.9 Å². The van der Waals surface area contributed by atoms with Crippen LogP contribution in [0.5, 0.6) is 0 Å². The molecule has 3 rings (SSSR count). The number of piperidine rings is 1. The van der Waals surface area contributed by atoms with Crippen LogP contribution in [0, 0.1) is 0 Å². The molecule has 2 amide bonds. The maximum absolute atomic E-state index is 12.5. The molecule has 0 aromatic carbocycles. The van der Waals surface area contributed by atoms with Crippen molar-refractivity contribution < 1.29 is 9.59 Å². The molecule has 1 aromatic rings. The fourth-order valence-electron chi connectivity index (χ4n) is 3.50. The van der Waals surface area contributed by atoms with Crippen molar-refractivity contribution in [1.29, 1.82) is 0 Å². The van der Waals surface area contributed by atoms with Crippen LogP contribution in [0.2, 0.25) is 0 Å². The molecule has 1 aliphatic carbocycles. The second-order valence-electron chi connectivity index (χ2n) is 6.54. The highest BCUT2D eigenvalue weighted by Gasteiger charge is 2.26. The van der Waals surface area contributed by atoms with E-state index in [4.69, 9.17) is 5.73 Å². The molecule has 23 heavy (non-hydrogen) atoms. The fourth-order valence-corrected chi connectivity index (χ4v) is 3.50. The van der Waals surface area contributed by atoms with E-state index in [1.165, 1.54) is 18.4 Å². The number of carbonyl (C=O) groups excluding carboxylic acids is 2. The van der Waals surface area contributed by atoms with Crippen LogP contribution in [0.3, 0.4) is 0 Å². The van der Waals surface area contributed by atoms with Gasteiger partial charge in [0.15, 0.2) is 0 Å². The van der Waals surface area contributed by atoms with Crippen molar-refractivity contribution in [2.75, 3.05) is 13.1 Å². The average Bonchev–Trinajstić information content (AvgIpc) is 3.06. The summed E-state index contributed by atoms with van der Waals surface area (Å²) in [7, 11) is 0. The highest BCUT2D eigenvalue weighted by atomic mass is 16.2. The Hall–Kier alpha value is -2.11. The van der Waals surface area contributed by atoms with Crippen LogP contribution in [0.25, 0.3) is 0 Å². The summed E-state index contributed by atoms with van der Waals surface area (Å²) in [5.41, 5.74) is 7.69. The molecule has 1 saturated heterocycles. The van der Waals surface area contributed by atoms with Gasteiger partial charge in [-0.2, -0.15) is 5.10 Å². The zero-order valence-corrected chi connectivity index (χ0v) is 13.4. The number of carbonyl (C=O) groups is 2. The molecule has 124 valence electrons. The smallest absolute Gasteiger partial charge is 0.269 e. The van der Waals surface area contributed by atoms with Crippen LogP contribution in [-0.4, -0.2) is 40.0 Å². The number of likely N-dealkylation sites (tertiary alicyclic amines) is 1. The summed E-state index contributed by atoms with van der Waals surface area (Å²) < 4.78 is 0. The fraction of sp³-hybridized carbons (Fsp3) is 0.588. The van der Waals surface area contributed by atoms with Gasteiger partial charge in [-0.1, -0.05) is 11.6 Å². The predicted molar refractivity (Wildman–Crippen MR) is 86.8 cm³/mol. The average molecular weight is 316 g/mol. The van der Waals surface area contributed by atoms with Crippen molar-refractivity contribution in [3.05, 3.63) is 29.1 Å². The molecular weight excluding hydrogens is 292 g/mol. The monoisotopic (exact) mass is 316 g/mol. The second kappa shape index (κ2) is 6.98. The van der Waals surface area contributed by atoms with Crippen LogP contribution in [0.15, 0.2) is 17.7 Å². The van der Waals surface area contributed by atoms with Crippen molar-refractivity contribution in [3.63, 3.8) is 0 Å². The minimum absolute atomic E-state index is 0.202. The van der Waals surface area contributed by atoms with Gasteiger partial charge in [0, 0.05) is 31.1 Å². The zero-order chi connectivity index (χ0) is 16.2. The Morgan fingerprint density at radius 2 is 2.22 bits per heavy atom. The maximum Gasteiger partial charge on any atom is 0.269 e. The van der Waals surface area contributed by atoms with Crippen LogP contribution in [0.4, 0.5) is 0 Å². The third-order valence-electron chi connectivity index (χ3n) is 4.83. The highest BCUT2D eigenvalue weighted by molar-refractivity contribution is 5.90. The van der Waals surface area contributed by atoms with E-state index in [-0.39, 0.29) is 17.5 Å². The van der Waals surface area contributed by atoms with Gasteiger partial charge in [0.1, 0.15) is 5.69 Å². The first-order valence-corrected chi connectivity index (χ1v) is 8.44. The molecule has 0 bridgehead atoms. The summed E-state index contributed by atoms with van der Waals surface area (Å²) in [6.45, 7) is 1.51. The number of rotatable bonds is 4. The van der Waals surface area contributed by atoms with Crippen molar-refractivity contribution in [2.24, 2.45) is 5.73 Å². The van der Waals surface area contributed by atoms with E-state index in [2.05, 4.69) is 16.3 Å². The topological polar surface area (TPSA) is 92.1 Å². The van der Waals surface area contributed by atoms with Gasteiger partial charge in [-0.25, -0.2) is 0 Å². The summed E-state index contributed by atoms with van der Waals surface area (Å²) in [6, 6.07) is 1.71. The Bertz CT molecular complexity index is 620. The number of H-pyrrole nitrogens is 1. The maximum atomic E-state index is 12.5. The Labute approximate surface area is 136 Å². The summed E-state index contributed by atoms with van der Waals surface area (Å²) in [4.78, 5) is 25.7. The molecule has 3 N–H and O–H groups in total. The normalized spacial score (nSPS) is 21.8. The van der Waals surface area contributed by atoms with E-state index < -0.39 is 5.91 Å². The second-order valence-corrected chi connectivity index (χ2v) is 6.54. The number of allylic oxidation sites excluding steroid dienone is 1. The Morgan fingerprint density at radius 1 is 1.35 bits per heavy atom. The summed E-state index contributed by atoms with van der Waals surface area (Å²) in [5.74, 6) is -0.105. The van der Waals surface area contributed by atoms with Crippen molar-refractivity contribution in [3.8, 4) is 0 Å². The lowest BCUT2D eigenvalue weighted by molar-refractivity contribution is -0.131. The molecular formula is C17H24N4O2. The number of nitrogens with two attached hydrogens (primary N) is 1. The minimum atomic E-state index is -0.527. The van der Waals surface area contributed by atoms with E-state index in [0.29, 0.717) is 13.0 Å². The lowest BCUT2D eigenvalue weighted by Crippen LogP contribution is -2.39. The van der Waals surface area contributed by atoms with Gasteiger partial charge in [-0.3, -0.25) is 14.7 Å². The number of aromatic amines is 1. The largest absolute Gasteiger partial charge is 0.364 e. The highest BCUT2D eigenvalue weighted by Crippen LogP contribution is 2.28. The van der Waals surface area contributed by atoms with E-state index in [9.17, 15) is 9.59 Å². The number of hydrogen-bond donors (Lipinski definition) is 2. The summed E-state index contributed by atoms with van der Waals surface area (Å²) in [5, 5.41) is 6.84. The van der Waals surface area contributed by atoms with Gasteiger partial charge in [0.2, 0.25) is 5.91 Å². The molecule has 0 radical (unpaired) electrons. The van der Waals surface area contributed by atoms with Gasteiger partial charge < -0.3 is 10.6 Å². The van der Waals surface area contributed by atoms with Crippen LogP contribution < -0.4 is 5.73 Å². The molecule has 2 aliphatic rings. The molecule has 0 saturated carbocycles. The van der Waals surface area contributed by atoms with E-state index in [1.54, 1.807) is 6.07 Å².